The van der Waals surface area contributed by atoms with E-state index in [0.717, 1.165) is 0 Å². The van der Waals surface area contributed by atoms with Crippen LogP contribution in [0.1, 0.15) is 20.8 Å². The summed E-state index contributed by atoms with van der Waals surface area (Å²) in [5.41, 5.74) is -0.221. The molecule has 2 N–H and O–H groups in total. The van der Waals surface area contributed by atoms with E-state index in [0.29, 0.717) is 10.2 Å². The second kappa shape index (κ2) is 5.09. The average Bonchev–Trinajstić information content (AvgIpc) is 2.06. The molecule has 1 rings (SSSR count). The van der Waals surface area contributed by atoms with Crippen molar-refractivity contribution in [2.75, 3.05) is 4.72 Å². The van der Waals surface area contributed by atoms with E-state index in [1.54, 1.807) is 20.8 Å². The maximum Gasteiger partial charge on any atom is 0.299 e. The van der Waals surface area contributed by atoms with Gasteiger partial charge in [-0.3, -0.25) is 4.72 Å². The Morgan fingerprint density at radius 2 is 2.00 bits per heavy atom. The highest BCUT2D eigenvalue weighted by Crippen LogP contribution is 2.23. The minimum absolute atomic E-state index is 0.275. The maximum atomic E-state index is 11.7. The van der Waals surface area contributed by atoms with E-state index in [1.165, 1.54) is 12.3 Å². The van der Waals surface area contributed by atoms with E-state index in [1.807, 2.05) is 0 Å². The van der Waals surface area contributed by atoms with Gasteiger partial charge in [-0.05, 0) is 42.8 Å². The first kappa shape index (κ1) is 14.7. The number of halogens is 2. The van der Waals surface area contributed by atoms with Gasteiger partial charge in [-0.2, -0.15) is 13.1 Å². The molecule has 0 fully saturated rings. The fraction of sp³-hybridized carbons (Fsp3) is 0.444. The predicted octanol–water partition coefficient (Wildman–Crippen LogP) is 2.54. The van der Waals surface area contributed by atoms with E-state index in [4.69, 9.17) is 11.6 Å². The quantitative estimate of drug-likeness (QED) is 0.829. The summed E-state index contributed by atoms with van der Waals surface area (Å²) in [4.78, 5) is 3.82. The van der Waals surface area contributed by atoms with E-state index < -0.39 is 15.7 Å². The first-order valence-electron chi connectivity index (χ1n) is 4.72. The minimum Gasteiger partial charge on any atom is -0.269 e. The van der Waals surface area contributed by atoms with Crippen molar-refractivity contribution in [3.8, 4) is 0 Å². The number of nitrogens with zero attached hydrogens (tertiary/aromatic N) is 1. The van der Waals surface area contributed by atoms with Gasteiger partial charge >= 0.3 is 0 Å². The number of rotatable bonds is 3. The van der Waals surface area contributed by atoms with Crippen LogP contribution < -0.4 is 9.44 Å². The number of hydrogen-bond donors (Lipinski definition) is 2. The normalized spacial score (nSPS) is 12.5. The summed E-state index contributed by atoms with van der Waals surface area (Å²) >= 11 is 8.87. The Labute approximate surface area is 114 Å². The summed E-state index contributed by atoms with van der Waals surface area (Å²) < 4.78 is 28.8. The topological polar surface area (TPSA) is 71.1 Å². The number of anilines is 1. The van der Waals surface area contributed by atoms with Gasteiger partial charge in [0, 0.05) is 5.54 Å². The van der Waals surface area contributed by atoms with E-state index >= 15 is 0 Å². The van der Waals surface area contributed by atoms with Gasteiger partial charge in [0.1, 0.15) is 5.15 Å². The van der Waals surface area contributed by atoms with Crippen molar-refractivity contribution in [2.24, 2.45) is 0 Å². The SMILES string of the molecule is CC(C)(C)NS(=O)(=O)Nc1cnc(Cl)c(Br)c1. The maximum absolute atomic E-state index is 11.7. The average molecular weight is 343 g/mol. The van der Waals surface area contributed by atoms with Crippen molar-refractivity contribution in [2.45, 2.75) is 26.3 Å². The molecule has 0 aliphatic heterocycles. The smallest absolute Gasteiger partial charge is 0.269 e. The zero-order valence-corrected chi connectivity index (χ0v) is 12.7. The third-order valence-electron chi connectivity index (χ3n) is 1.49. The highest BCUT2D eigenvalue weighted by Gasteiger charge is 2.19. The van der Waals surface area contributed by atoms with Crippen LogP contribution in [0.15, 0.2) is 16.7 Å². The van der Waals surface area contributed by atoms with Crippen LogP contribution in [0.3, 0.4) is 0 Å². The van der Waals surface area contributed by atoms with Gasteiger partial charge < -0.3 is 0 Å². The molecule has 0 aromatic carbocycles. The lowest BCUT2D eigenvalue weighted by molar-refractivity contribution is 0.494. The zero-order valence-electron chi connectivity index (χ0n) is 9.58. The van der Waals surface area contributed by atoms with Crippen LogP contribution in [0.25, 0.3) is 0 Å². The van der Waals surface area contributed by atoms with E-state index in [-0.39, 0.29) is 5.15 Å². The Balaban J connectivity index is 2.87. The molecular weight excluding hydrogens is 330 g/mol. The fourth-order valence-corrected chi connectivity index (χ4v) is 2.79. The van der Waals surface area contributed by atoms with Crippen molar-refractivity contribution >= 4 is 43.4 Å². The number of pyridine rings is 1. The molecule has 17 heavy (non-hydrogen) atoms. The lowest BCUT2D eigenvalue weighted by Gasteiger charge is -2.20. The van der Waals surface area contributed by atoms with Crippen LogP contribution >= 0.6 is 27.5 Å². The predicted molar refractivity (Wildman–Crippen MR) is 72.4 cm³/mol. The molecule has 1 aromatic heterocycles. The van der Waals surface area contributed by atoms with Crippen LogP contribution in [-0.4, -0.2) is 18.9 Å². The fourth-order valence-electron chi connectivity index (χ4n) is 1.06. The number of aromatic nitrogens is 1. The van der Waals surface area contributed by atoms with Gasteiger partial charge in [0.2, 0.25) is 0 Å². The van der Waals surface area contributed by atoms with Crippen molar-refractivity contribution in [3.63, 3.8) is 0 Å². The molecule has 0 saturated heterocycles. The van der Waals surface area contributed by atoms with Crippen molar-refractivity contribution < 1.29 is 8.42 Å². The molecule has 0 aliphatic carbocycles. The zero-order chi connectivity index (χ0) is 13.3. The van der Waals surface area contributed by atoms with Crippen LogP contribution in [-0.2, 0) is 10.2 Å². The summed E-state index contributed by atoms with van der Waals surface area (Å²) in [6.45, 7) is 5.26. The van der Waals surface area contributed by atoms with Gasteiger partial charge in [0.15, 0.2) is 0 Å². The summed E-state index contributed by atoms with van der Waals surface area (Å²) in [6, 6.07) is 1.54. The van der Waals surface area contributed by atoms with Crippen LogP contribution in [0.2, 0.25) is 5.15 Å². The molecule has 0 amide bonds. The van der Waals surface area contributed by atoms with Crippen LogP contribution in [0, 0.1) is 0 Å². The molecular formula is C9H13BrClN3O2S. The third-order valence-corrected chi connectivity index (χ3v) is 4.01. The molecule has 0 atom stereocenters. The summed E-state index contributed by atoms with van der Waals surface area (Å²) in [6.07, 6.45) is 1.34. The molecule has 0 bridgehead atoms. The van der Waals surface area contributed by atoms with Crippen molar-refractivity contribution in [1.29, 1.82) is 0 Å². The Morgan fingerprint density at radius 3 is 2.47 bits per heavy atom. The largest absolute Gasteiger partial charge is 0.299 e. The van der Waals surface area contributed by atoms with Crippen LogP contribution in [0.4, 0.5) is 5.69 Å². The minimum atomic E-state index is -3.63. The molecule has 0 aliphatic rings. The molecule has 8 heteroatoms. The highest BCUT2D eigenvalue weighted by molar-refractivity contribution is 9.10. The second-order valence-electron chi connectivity index (χ2n) is 4.45. The summed E-state index contributed by atoms with van der Waals surface area (Å²) in [5, 5.41) is 0.275. The Kier molecular flexibility index (Phi) is 4.40. The first-order chi connectivity index (χ1) is 7.59. The standard InChI is InChI=1S/C9H13BrClN3O2S/c1-9(2,3)14-17(15,16)13-6-4-7(10)8(11)12-5-6/h4-5,13-14H,1-3H3. The molecule has 5 nitrogen and oxygen atoms in total. The summed E-state index contributed by atoms with van der Waals surface area (Å²) in [7, 11) is -3.63. The van der Waals surface area contributed by atoms with Gasteiger partial charge in [-0.15, -0.1) is 0 Å². The molecule has 96 valence electrons. The highest BCUT2D eigenvalue weighted by atomic mass is 79.9. The van der Waals surface area contributed by atoms with E-state index in [9.17, 15) is 8.42 Å². The molecule has 0 saturated carbocycles. The second-order valence-corrected chi connectivity index (χ2v) is 7.08. The van der Waals surface area contributed by atoms with E-state index in [2.05, 4.69) is 30.4 Å². The van der Waals surface area contributed by atoms with Gasteiger partial charge in [0.25, 0.3) is 10.2 Å². The Bertz CT molecular complexity index is 513. The number of nitrogens with one attached hydrogen (secondary N) is 2. The molecule has 0 unspecified atom stereocenters. The first-order valence-corrected chi connectivity index (χ1v) is 7.37. The lowest BCUT2D eigenvalue weighted by Crippen LogP contribution is -2.43. The number of hydrogen-bond acceptors (Lipinski definition) is 3. The van der Waals surface area contributed by atoms with Gasteiger partial charge in [-0.1, -0.05) is 11.6 Å². The van der Waals surface area contributed by atoms with Gasteiger partial charge in [0.05, 0.1) is 16.4 Å². The monoisotopic (exact) mass is 341 g/mol. The van der Waals surface area contributed by atoms with Gasteiger partial charge in [-0.25, -0.2) is 4.98 Å². The van der Waals surface area contributed by atoms with Crippen molar-refractivity contribution in [1.82, 2.24) is 9.71 Å². The summed E-state index contributed by atoms with van der Waals surface area (Å²) in [5.74, 6) is 0. The third kappa shape index (κ3) is 5.20. The lowest BCUT2D eigenvalue weighted by atomic mass is 10.1. The molecule has 1 heterocycles. The Hall–Kier alpha value is -0.370. The molecule has 0 spiro atoms. The Morgan fingerprint density at radius 1 is 1.41 bits per heavy atom. The van der Waals surface area contributed by atoms with Crippen LogP contribution in [0.5, 0.6) is 0 Å². The van der Waals surface area contributed by atoms with Crippen molar-refractivity contribution in [3.05, 3.63) is 21.9 Å². The molecule has 0 radical (unpaired) electrons. The molecule has 1 aromatic rings.